The zero-order valence-electron chi connectivity index (χ0n) is 23.4. The molecule has 0 saturated carbocycles. The summed E-state index contributed by atoms with van der Waals surface area (Å²) in [4.78, 5) is 28.3. The number of carbonyl (C=O) groups is 2. The molecule has 0 radical (unpaired) electrons. The summed E-state index contributed by atoms with van der Waals surface area (Å²) in [6.07, 6.45) is 0. The minimum Gasteiger partial charge on any atom is -0.354 e. The van der Waals surface area contributed by atoms with Crippen LogP contribution in [0.25, 0.3) is 16.9 Å². The van der Waals surface area contributed by atoms with Gasteiger partial charge in [-0.3, -0.25) is 14.5 Å². The highest BCUT2D eigenvalue weighted by Crippen LogP contribution is 2.49. The Bertz CT molecular complexity index is 1600. The van der Waals surface area contributed by atoms with E-state index in [4.69, 9.17) is 5.10 Å². The van der Waals surface area contributed by atoms with Gasteiger partial charge in [-0.2, -0.15) is 5.10 Å². The molecule has 2 heterocycles. The molecule has 1 N–H and O–H groups in total. The van der Waals surface area contributed by atoms with Crippen molar-refractivity contribution < 1.29 is 18.4 Å². The Morgan fingerprint density at radius 2 is 1.83 bits per heavy atom. The van der Waals surface area contributed by atoms with Gasteiger partial charge in [-0.05, 0) is 37.5 Å². The van der Waals surface area contributed by atoms with Crippen LogP contribution in [0.3, 0.4) is 0 Å². The normalized spacial score (nSPS) is 15.1. The summed E-state index contributed by atoms with van der Waals surface area (Å²) in [7, 11) is 0. The topological polar surface area (TPSA) is 67.2 Å². The van der Waals surface area contributed by atoms with Gasteiger partial charge in [-0.15, -0.1) is 11.8 Å². The highest BCUT2D eigenvalue weighted by Gasteiger charge is 2.38. The average molecular weight is 575 g/mol. The number of nitrogens with one attached hydrogen (secondary N) is 1. The molecule has 1 aliphatic rings. The molecule has 3 aromatic carbocycles. The summed E-state index contributed by atoms with van der Waals surface area (Å²) in [5.74, 6) is -1.36. The highest BCUT2D eigenvalue weighted by atomic mass is 32.2. The van der Waals surface area contributed by atoms with E-state index in [1.54, 1.807) is 4.68 Å². The molecule has 1 aromatic heterocycles. The molecule has 41 heavy (non-hydrogen) atoms. The predicted octanol–water partition coefficient (Wildman–Crippen LogP) is 6.38. The molecule has 0 spiro atoms. The number of carbonyl (C=O) groups excluding carboxylic acids is 2. The van der Waals surface area contributed by atoms with Crippen LogP contribution in [-0.4, -0.2) is 40.4 Å². The Balaban J connectivity index is 1.80. The standard InChI is InChI=1S/C32H32F2N4O2S/c1-19(2)16-35-27(39)17-37-28(40)18-41-31(24-12-11-23(33)15-25(24)34)29-30(22-8-6-5-7-9-22)36-38(32(29)37)26-13-10-20(3)14-21(26)4/h5-15,19,31H,16-18H2,1-4H3,(H,35,39). The van der Waals surface area contributed by atoms with E-state index in [0.717, 1.165) is 28.4 Å². The first-order chi connectivity index (χ1) is 19.6. The Morgan fingerprint density at radius 3 is 2.51 bits per heavy atom. The number of hydrogen-bond donors (Lipinski definition) is 1. The third kappa shape index (κ3) is 5.91. The van der Waals surface area contributed by atoms with Crippen molar-refractivity contribution in [3.05, 3.63) is 101 Å². The van der Waals surface area contributed by atoms with E-state index in [9.17, 15) is 14.0 Å². The van der Waals surface area contributed by atoms with Gasteiger partial charge in [0.25, 0.3) is 0 Å². The van der Waals surface area contributed by atoms with Gasteiger partial charge in [-0.25, -0.2) is 13.5 Å². The number of thioether (sulfide) groups is 1. The number of anilines is 1. The molecule has 6 nitrogen and oxygen atoms in total. The fraction of sp³-hybridized carbons (Fsp3) is 0.281. The van der Waals surface area contributed by atoms with E-state index >= 15 is 4.39 Å². The molecule has 1 aliphatic heterocycles. The first-order valence-electron chi connectivity index (χ1n) is 13.5. The number of aromatic nitrogens is 2. The molecule has 1 unspecified atom stereocenters. The molecule has 4 aromatic rings. The molecule has 0 saturated heterocycles. The second-order valence-corrected chi connectivity index (χ2v) is 11.8. The first-order valence-corrected chi connectivity index (χ1v) is 14.6. The molecule has 5 rings (SSSR count). The van der Waals surface area contributed by atoms with Crippen LogP contribution in [0.15, 0.2) is 66.7 Å². The lowest BCUT2D eigenvalue weighted by atomic mass is 9.99. The molecule has 1 atom stereocenters. The maximum atomic E-state index is 15.4. The molecule has 212 valence electrons. The molecule has 9 heteroatoms. The van der Waals surface area contributed by atoms with Crippen LogP contribution in [0, 0.1) is 31.4 Å². The van der Waals surface area contributed by atoms with Crippen LogP contribution in [0.5, 0.6) is 0 Å². The Hall–Kier alpha value is -3.98. The predicted molar refractivity (Wildman–Crippen MR) is 159 cm³/mol. The van der Waals surface area contributed by atoms with Crippen molar-refractivity contribution in [1.29, 1.82) is 0 Å². The minimum absolute atomic E-state index is 0.00522. The van der Waals surface area contributed by atoms with E-state index in [2.05, 4.69) is 5.32 Å². The number of halogens is 2. The quantitative estimate of drug-likeness (QED) is 0.278. The Morgan fingerprint density at radius 1 is 1.07 bits per heavy atom. The number of amides is 2. The van der Waals surface area contributed by atoms with Crippen LogP contribution in [0.4, 0.5) is 14.6 Å². The fourth-order valence-corrected chi connectivity index (χ4v) is 6.24. The van der Waals surface area contributed by atoms with Gasteiger partial charge >= 0.3 is 0 Å². The van der Waals surface area contributed by atoms with Crippen LogP contribution in [-0.2, 0) is 9.59 Å². The summed E-state index contributed by atoms with van der Waals surface area (Å²) in [6.45, 7) is 8.20. The molecular formula is C32H32F2N4O2S. The smallest absolute Gasteiger partial charge is 0.240 e. The maximum Gasteiger partial charge on any atom is 0.240 e. The highest BCUT2D eigenvalue weighted by molar-refractivity contribution is 8.00. The van der Waals surface area contributed by atoms with Gasteiger partial charge in [0.05, 0.1) is 22.4 Å². The monoisotopic (exact) mass is 574 g/mol. The lowest BCUT2D eigenvalue weighted by Gasteiger charge is -2.24. The molecule has 2 amide bonds. The van der Waals surface area contributed by atoms with E-state index in [0.29, 0.717) is 23.6 Å². The van der Waals surface area contributed by atoms with Crippen molar-refractivity contribution in [2.45, 2.75) is 32.9 Å². The van der Waals surface area contributed by atoms with Crippen LogP contribution in [0.2, 0.25) is 0 Å². The van der Waals surface area contributed by atoms with Crippen molar-refractivity contribution in [2.24, 2.45) is 5.92 Å². The van der Waals surface area contributed by atoms with Gasteiger partial charge in [0, 0.05) is 29.3 Å². The number of benzene rings is 3. The SMILES string of the molecule is Cc1ccc(-n2nc(-c3ccccc3)c3c2N(CC(=O)NCC(C)C)C(=O)CSC3c2ccc(F)cc2F)c(C)c1. The Kier molecular flexibility index (Phi) is 8.26. The average Bonchev–Trinajstić information content (AvgIpc) is 3.25. The number of aryl methyl sites for hydroxylation is 2. The van der Waals surface area contributed by atoms with Crippen molar-refractivity contribution in [2.75, 3.05) is 23.7 Å². The van der Waals surface area contributed by atoms with E-state index in [-0.39, 0.29) is 35.6 Å². The fourth-order valence-electron chi connectivity index (χ4n) is 5.02. The molecule has 0 bridgehead atoms. The maximum absolute atomic E-state index is 15.4. The van der Waals surface area contributed by atoms with E-state index in [1.807, 2.05) is 76.2 Å². The largest absolute Gasteiger partial charge is 0.354 e. The van der Waals surface area contributed by atoms with E-state index in [1.165, 1.54) is 28.8 Å². The van der Waals surface area contributed by atoms with Crippen molar-refractivity contribution in [1.82, 2.24) is 15.1 Å². The number of hydrogen-bond acceptors (Lipinski definition) is 4. The van der Waals surface area contributed by atoms with Gasteiger partial charge in [0.2, 0.25) is 11.8 Å². The van der Waals surface area contributed by atoms with Crippen LogP contribution in [0.1, 0.15) is 41.4 Å². The van der Waals surface area contributed by atoms with Crippen molar-refractivity contribution in [3.63, 3.8) is 0 Å². The zero-order chi connectivity index (χ0) is 29.3. The second kappa shape index (κ2) is 11.9. The minimum atomic E-state index is -0.706. The lowest BCUT2D eigenvalue weighted by molar-refractivity contribution is -0.123. The molecule has 0 fully saturated rings. The Labute approximate surface area is 242 Å². The van der Waals surface area contributed by atoms with E-state index < -0.39 is 16.9 Å². The summed E-state index contributed by atoms with van der Waals surface area (Å²) in [6, 6.07) is 18.9. The van der Waals surface area contributed by atoms with Crippen molar-refractivity contribution >= 4 is 29.4 Å². The molecular weight excluding hydrogens is 542 g/mol. The third-order valence-corrected chi connectivity index (χ3v) is 8.21. The van der Waals surface area contributed by atoms with Gasteiger partial charge in [0.1, 0.15) is 24.0 Å². The number of fused-ring (bicyclic) bond motifs is 1. The first kappa shape index (κ1) is 28.5. The van der Waals surface area contributed by atoms with Gasteiger partial charge in [-0.1, -0.05) is 67.9 Å². The molecule has 0 aliphatic carbocycles. The van der Waals surface area contributed by atoms with Gasteiger partial charge < -0.3 is 5.32 Å². The van der Waals surface area contributed by atoms with Gasteiger partial charge in [0.15, 0.2) is 0 Å². The third-order valence-electron chi connectivity index (χ3n) is 6.97. The number of rotatable bonds is 7. The summed E-state index contributed by atoms with van der Waals surface area (Å²) < 4.78 is 31.0. The second-order valence-electron chi connectivity index (χ2n) is 10.7. The zero-order valence-corrected chi connectivity index (χ0v) is 24.3. The summed E-state index contributed by atoms with van der Waals surface area (Å²) in [5.41, 5.74) is 4.90. The summed E-state index contributed by atoms with van der Waals surface area (Å²) >= 11 is 1.24. The van der Waals surface area contributed by atoms with Crippen LogP contribution < -0.4 is 10.2 Å². The van der Waals surface area contributed by atoms with Crippen molar-refractivity contribution in [3.8, 4) is 16.9 Å². The number of nitrogens with zero attached hydrogens (tertiary/aromatic N) is 3. The lowest BCUT2D eigenvalue weighted by Crippen LogP contribution is -2.43. The summed E-state index contributed by atoms with van der Waals surface area (Å²) in [5, 5.41) is 7.25. The van der Waals surface area contributed by atoms with Crippen LogP contribution >= 0.6 is 11.8 Å².